The van der Waals surface area contributed by atoms with Gasteiger partial charge in [-0.1, -0.05) is 0 Å². The second kappa shape index (κ2) is 8.83. The summed E-state index contributed by atoms with van der Waals surface area (Å²) in [6, 6.07) is 11.7. The van der Waals surface area contributed by atoms with Crippen molar-refractivity contribution in [3.05, 3.63) is 77.6 Å². The van der Waals surface area contributed by atoms with Crippen LogP contribution in [0.5, 0.6) is 11.5 Å². The molecule has 0 saturated heterocycles. The van der Waals surface area contributed by atoms with E-state index in [4.69, 9.17) is 28.1 Å². The van der Waals surface area contributed by atoms with E-state index in [1.807, 2.05) is 24.3 Å². The number of fused-ring (bicyclic) bond motifs is 2. The van der Waals surface area contributed by atoms with Crippen molar-refractivity contribution in [2.75, 3.05) is 13.4 Å². The molecule has 35 heavy (non-hydrogen) atoms. The normalized spacial score (nSPS) is 21.7. The Morgan fingerprint density at radius 2 is 1.94 bits per heavy atom. The molecule has 0 bridgehead atoms. The lowest BCUT2D eigenvalue weighted by atomic mass is 9.79. The minimum atomic E-state index is -0.631. The van der Waals surface area contributed by atoms with Gasteiger partial charge in [0.15, 0.2) is 18.1 Å². The zero-order valence-electron chi connectivity index (χ0n) is 18.7. The summed E-state index contributed by atoms with van der Waals surface area (Å²) in [6.07, 6.45) is 7.83. The summed E-state index contributed by atoms with van der Waals surface area (Å²) in [6.45, 7) is -0.349. The number of rotatable bonds is 5. The third kappa shape index (κ3) is 3.99. The first-order valence-corrected chi connectivity index (χ1v) is 11.4. The van der Waals surface area contributed by atoms with Crippen LogP contribution in [-0.2, 0) is 9.53 Å². The maximum atomic E-state index is 13.3. The molecule has 0 N–H and O–H groups in total. The number of furan rings is 2. The lowest BCUT2D eigenvalue weighted by Crippen LogP contribution is -2.34. The Balaban J connectivity index is 1.23. The molecule has 2 unspecified atom stereocenters. The standard InChI is InChI=1S/C26H22N2O7/c29-23(14-33-26(30)17-8-9-20-22(13-17)35-15-34-20)28-25(21-7-3-11-32-21)19-6-1-4-16(24(19)27-28)12-18-5-2-10-31-18/h2-3,5,7-13,19,25H,1,4,6,14-15H2. The molecule has 0 radical (unpaired) electrons. The number of ether oxygens (including phenoxy) is 3. The second-order valence-corrected chi connectivity index (χ2v) is 8.51. The van der Waals surface area contributed by atoms with Crippen molar-refractivity contribution in [1.29, 1.82) is 0 Å². The molecule has 9 nitrogen and oxygen atoms in total. The average molecular weight is 474 g/mol. The zero-order valence-corrected chi connectivity index (χ0v) is 18.7. The van der Waals surface area contributed by atoms with E-state index in [0.29, 0.717) is 17.3 Å². The highest BCUT2D eigenvalue weighted by Gasteiger charge is 2.45. The van der Waals surface area contributed by atoms with Crippen LogP contribution in [0.15, 0.2) is 74.5 Å². The molecule has 3 aliphatic rings. The van der Waals surface area contributed by atoms with Gasteiger partial charge in [0.05, 0.1) is 23.8 Å². The highest BCUT2D eigenvalue weighted by molar-refractivity contribution is 6.08. The Kier molecular flexibility index (Phi) is 5.36. The maximum Gasteiger partial charge on any atom is 0.338 e. The van der Waals surface area contributed by atoms with Crippen molar-refractivity contribution in [1.82, 2.24) is 5.01 Å². The van der Waals surface area contributed by atoms with Crippen molar-refractivity contribution >= 4 is 23.7 Å². The Morgan fingerprint density at radius 3 is 2.77 bits per heavy atom. The first kappa shape index (κ1) is 21.3. The molecule has 3 aromatic rings. The zero-order chi connectivity index (χ0) is 23.8. The summed E-state index contributed by atoms with van der Waals surface area (Å²) in [5.41, 5.74) is 2.14. The van der Waals surface area contributed by atoms with Gasteiger partial charge in [0.25, 0.3) is 5.91 Å². The van der Waals surface area contributed by atoms with Gasteiger partial charge in [-0.2, -0.15) is 5.10 Å². The molecule has 0 spiro atoms. The Morgan fingerprint density at radius 1 is 1.09 bits per heavy atom. The number of hydrogen-bond acceptors (Lipinski definition) is 8. The van der Waals surface area contributed by atoms with Crippen LogP contribution >= 0.6 is 0 Å². The molecule has 9 heteroatoms. The quantitative estimate of drug-likeness (QED) is 0.499. The number of benzene rings is 1. The fourth-order valence-corrected chi connectivity index (χ4v) is 4.79. The van der Waals surface area contributed by atoms with Gasteiger partial charge in [0, 0.05) is 5.92 Å². The molecule has 2 aliphatic heterocycles. The molecular weight excluding hydrogens is 452 g/mol. The molecule has 1 amide bonds. The number of esters is 1. The molecule has 6 rings (SSSR count). The molecule has 1 aliphatic carbocycles. The van der Waals surface area contributed by atoms with E-state index in [1.165, 1.54) is 11.1 Å². The van der Waals surface area contributed by atoms with Crippen LogP contribution in [-0.4, -0.2) is 36.0 Å². The molecular formula is C26H22N2O7. The molecule has 2 atom stereocenters. The summed E-state index contributed by atoms with van der Waals surface area (Å²) in [5.74, 6) is 1.32. The first-order valence-electron chi connectivity index (χ1n) is 11.4. The van der Waals surface area contributed by atoms with Gasteiger partial charge in [-0.15, -0.1) is 0 Å². The van der Waals surface area contributed by atoms with Gasteiger partial charge in [-0.25, -0.2) is 9.80 Å². The van der Waals surface area contributed by atoms with Crippen LogP contribution in [0.1, 0.15) is 47.2 Å². The minimum absolute atomic E-state index is 0.0235. The van der Waals surface area contributed by atoms with Crippen LogP contribution in [0.25, 0.3) is 6.08 Å². The molecule has 1 aromatic carbocycles. The Bertz CT molecular complexity index is 1310. The average Bonchev–Trinajstić information content (AvgIpc) is 3.67. The van der Waals surface area contributed by atoms with Crippen molar-refractivity contribution < 1.29 is 32.6 Å². The van der Waals surface area contributed by atoms with Crippen molar-refractivity contribution in [2.24, 2.45) is 11.0 Å². The van der Waals surface area contributed by atoms with Gasteiger partial charge < -0.3 is 23.0 Å². The highest BCUT2D eigenvalue weighted by Crippen LogP contribution is 2.44. The lowest BCUT2D eigenvalue weighted by Gasteiger charge is -2.27. The van der Waals surface area contributed by atoms with Crippen molar-refractivity contribution in [3.63, 3.8) is 0 Å². The predicted octanol–water partition coefficient (Wildman–Crippen LogP) is 4.58. The van der Waals surface area contributed by atoms with E-state index in [2.05, 4.69) is 0 Å². The lowest BCUT2D eigenvalue weighted by molar-refractivity contribution is -0.137. The summed E-state index contributed by atoms with van der Waals surface area (Å²) < 4.78 is 27.1. The molecule has 4 heterocycles. The van der Waals surface area contributed by atoms with Gasteiger partial charge in [0.1, 0.15) is 17.6 Å². The topological polar surface area (TPSA) is 104 Å². The van der Waals surface area contributed by atoms with Crippen LogP contribution in [0.3, 0.4) is 0 Å². The number of hydrazone groups is 1. The van der Waals surface area contributed by atoms with E-state index in [-0.39, 0.29) is 18.3 Å². The smallest absolute Gasteiger partial charge is 0.338 e. The fourth-order valence-electron chi connectivity index (χ4n) is 4.79. The van der Waals surface area contributed by atoms with Gasteiger partial charge in [-0.3, -0.25) is 4.79 Å². The number of nitrogens with zero attached hydrogens (tertiary/aromatic N) is 2. The molecule has 178 valence electrons. The second-order valence-electron chi connectivity index (χ2n) is 8.51. The summed E-state index contributed by atoms with van der Waals surface area (Å²) in [7, 11) is 0. The number of amides is 1. The van der Waals surface area contributed by atoms with Crippen LogP contribution in [0, 0.1) is 5.92 Å². The third-order valence-corrected chi connectivity index (χ3v) is 6.39. The Hall–Kier alpha value is -4.27. The monoisotopic (exact) mass is 474 g/mol. The molecule has 1 fully saturated rings. The van der Waals surface area contributed by atoms with E-state index >= 15 is 0 Å². The number of carbonyl (C=O) groups is 2. The highest BCUT2D eigenvalue weighted by atomic mass is 16.7. The van der Waals surface area contributed by atoms with Crippen LogP contribution in [0.4, 0.5) is 0 Å². The van der Waals surface area contributed by atoms with E-state index in [0.717, 1.165) is 36.3 Å². The summed E-state index contributed by atoms with van der Waals surface area (Å²) in [4.78, 5) is 25.8. The van der Waals surface area contributed by atoms with E-state index in [9.17, 15) is 9.59 Å². The van der Waals surface area contributed by atoms with Gasteiger partial charge in [0.2, 0.25) is 6.79 Å². The predicted molar refractivity (Wildman–Crippen MR) is 123 cm³/mol. The van der Waals surface area contributed by atoms with Crippen molar-refractivity contribution in [3.8, 4) is 11.5 Å². The van der Waals surface area contributed by atoms with Gasteiger partial charge in [-0.05, 0) is 73.4 Å². The largest absolute Gasteiger partial charge is 0.467 e. The first-order chi connectivity index (χ1) is 17.2. The number of allylic oxidation sites excluding steroid dienone is 1. The van der Waals surface area contributed by atoms with Crippen LogP contribution in [0.2, 0.25) is 0 Å². The van der Waals surface area contributed by atoms with Crippen LogP contribution < -0.4 is 9.47 Å². The number of hydrogen-bond donors (Lipinski definition) is 0. The molecule has 2 aromatic heterocycles. The SMILES string of the molecule is O=C(OCC(=O)N1N=C2C(=Cc3ccco3)CCCC2C1c1ccco1)c1ccc2c(c1)OCO2. The van der Waals surface area contributed by atoms with E-state index < -0.39 is 24.5 Å². The number of carbonyl (C=O) groups excluding carboxylic acids is 2. The van der Waals surface area contributed by atoms with Crippen molar-refractivity contribution in [2.45, 2.75) is 25.3 Å². The third-order valence-electron chi connectivity index (χ3n) is 6.39. The summed E-state index contributed by atoms with van der Waals surface area (Å²) in [5, 5.41) is 6.11. The summed E-state index contributed by atoms with van der Waals surface area (Å²) >= 11 is 0. The van der Waals surface area contributed by atoms with E-state index in [1.54, 1.807) is 30.7 Å². The maximum absolute atomic E-state index is 13.3. The fraction of sp³-hybridized carbons (Fsp3) is 0.269. The molecule has 1 saturated carbocycles. The van der Waals surface area contributed by atoms with Gasteiger partial charge >= 0.3 is 5.97 Å². The minimum Gasteiger partial charge on any atom is -0.467 e. The Labute approximate surface area is 200 Å².